The molecule has 1 saturated heterocycles. The molecule has 0 aromatic rings. The van der Waals surface area contributed by atoms with E-state index in [0.29, 0.717) is 25.7 Å². The molecule has 76 valence electrons. The molecule has 1 atom stereocenters. The Balaban J connectivity index is 2.27. The number of ether oxygens (including phenoxy) is 1. The van der Waals surface area contributed by atoms with Crippen molar-refractivity contribution in [1.29, 1.82) is 0 Å². The lowest BCUT2D eigenvalue weighted by atomic mass is 9.97. The fourth-order valence-electron chi connectivity index (χ4n) is 1.64. The third-order valence-electron chi connectivity index (χ3n) is 2.61. The molecule has 0 amide bonds. The third-order valence-corrected chi connectivity index (χ3v) is 2.61. The summed E-state index contributed by atoms with van der Waals surface area (Å²) in [7, 11) is 1.68. The highest BCUT2D eigenvalue weighted by Crippen LogP contribution is 2.20. The molecule has 0 aromatic carbocycles. The molecule has 1 aliphatic rings. The monoisotopic (exact) mass is 187 g/mol. The van der Waals surface area contributed by atoms with E-state index in [4.69, 9.17) is 9.84 Å². The Labute approximate surface area is 78.5 Å². The zero-order chi connectivity index (χ0) is 9.84. The van der Waals surface area contributed by atoms with Crippen LogP contribution in [0.2, 0.25) is 0 Å². The van der Waals surface area contributed by atoms with Gasteiger partial charge in [-0.2, -0.15) is 0 Å². The van der Waals surface area contributed by atoms with Crippen molar-refractivity contribution in [2.24, 2.45) is 5.92 Å². The first kappa shape index (κ1) is 10.5. The van der Waals surface area contributed by atoms with Crippen molar-refractivity contribution >= 4 is 5.97 Å². The minimum Gasteiger partial charge on any atom is -0.481 e. The van der Waals surface area contributed by atoms with Crippen LogP contribution < -0.4 is 0 Å². The number of nitrogens with zero attached hydrogens (tertiary/aromatic N) is 1. The molecule has 1 unspecified atom stereocenters. The Bertz CT molecular complexity index is 178. The van der Waals surface area contributed by atoms with Crippen LogP contribution in [0, 0.1) is 5.92 Å². The molecular weight excluding hydrogens is 170 g/mol. The molecule has 0 bridgehead atoms. The number of likely N-dealkylation sites (tertiary alicyclic amines) is 1. The lowest BCUT2D eigenvalue weighted by Crippen LogP contribution is -2.55. The van der Waals surface area contributed by atoms with E-state index in [0.717, 1.165) is 6.42 Å². The summed E-state index contributed by atoms with van der Waals surface area (Å²) in [6, 6.07) is 0.389. The number of carboxylic acid groups (broad SMARTS) is 1. The Kier molecular flexibility index (Phi) is 3.69. The van der Waals surface area contributed by atoms with E-state index in [-0.39, 0.29) is 5.92 Å². The van der Waals surface area contributed by atoms with Crippen LogP contribution in [0.15, 0.2) is 0 Å². The number of carbonyl (C=O) groups is 1. The molecule has 0 radical (unpaired) electrons. The second-order valence-electron chi connectivity index (χ2n) is 3.51. The number of methoxy groups -OCH3 is 1. The van der Waals surface area contributed by atoms with Crippen LogP contribution in [-0.4, -0.2) is 48.8 Å². The summed E-state index contributed by atoms with van der Waals surface area (Å²) in [5.74, 6) is -0.838. The van der Waals surface area contributed by atoms with Gasteiger partial charge in [0.15, 0.2) is 0 Å². The summed E-state index contributed by atoms with van der Waals surface area (Å²) in [5, 5.41) is 8.68. The van der Waals surface area contributed by atoms with Gasteiger partial charge in [0, 0.05) is 26.2 Å². The van der Waals surface area contributed by atoms with E-state index < -0.39 is 5.97 Å². The average Bonchev–Trinajstić information content (AvgIpc) is 1.99. The molecule has 4 heteroatoms. The Morgan fingerprint density at radius 1 is 1.69 bits per heavy atom. The molecule has 1 aliphatic heterocycles. The van der Waals surface area contributed by atoms with Crippen molar-refractivity contribution in [1.82, 2.24) is 4.90 Å². The average molecular weight is 187 g/mol. The predicted octanol–water partition coefficient (Wildman–Crippen LogP) is 0.428. The van der Waals surface area contributed by atoms with Crippen molar-refractivity contribution in [2.45, 2.75) is 19.4 Å². The van der Waals surface area contributed by atoms with Gasteiger partial charge in [0.05, 0.1) is 12.5 Å². The van der Waals surface area contributed by atoms with Crippen molar-refractivity contribution in [3.8, 4) is 0 Å². The topological polar surface area (TPSA) is 49.8 Å². The van der Waals surface area contributed by atoms with E-state index in [9.17, 15) is 4.79 Å². The van der Waals surface area contributed by atoms with Gasteiger partial charge in [0.25, 0.3) is 0 Å². The van der Waals surface area contributed by atoms with Crippen molar-refractivity contribution < 1.29 is 14.6 Å². The van der Waals surface area contributed by atoms with Gasteiger partial charge < -0.3 is 9.84 Å². The quantitative estimate of drug-likeness (QED) is 0.678. The third kappa shape index (κ3) is 2.42. The maximum absolute atomic E-state index is 10.5. The van der Waals surface area contributed by atoms with Crippen molar-refractivity contribution in [3.63, 3.8) is 0 Å². The molecule has 1 heterocycles. The fourth-order valence-corrected chi connectivity index (χ4v) is 1.64. The summed E-state index contributed by atoms with van der Waals surface area (Å²) in [4.78, 5) is 12.7. The zero-order valence-electron chi connectivity index (χ0n) is 8.19. The summed E-state index contributed by atoms with van der Waals surface area (Å²) in [5.41, 5.74) is 0. The number of rotatable bonds is 5. The lowest BCUT2D eigenvalue weighted by Gasteiger charge is -2.41. The highest BCUT2D eigenvalue weighted by Gasteiger charge is 2.35. The Morgan fingerprint density at radius 3 is 2.69 bits per heavy atom. The summed E-state index contributed by atoms with van der Waals surface area (Å²) >= 11 is 0. The van der Waals surface area contributed by atoms with E-state index in [1.807, 2.05) is 0 Å². The predicted molar refractivity (Wildman–Crippen MR) is 48.7 cm³/mol. The Morgan fingerprint density at radius 2 is 2.31 bits per heavy atom. The number of carboxylic acids is 1. The Hall–Kier alpha value is -0.610. The van der Waals surface area contributed by atoms with Crippen LogP contribution in [-0.2, 0) is 9.53 Å². The van der Waals surface area contributed by atoms with E-state index in [1.165, 1.54) is 0 Å². The number of hydrogen-bond acceptors (Lipinski definition) is 3. The van der Waals surface area contributed by atoms with Crippen LogP contribution in [0.1, 0.15) is 13.3 Å². The van der Waals surface area contributed by atoms with Crippen LogP contribution in [0.4, 0.5) is 0 Å². The molecule has 0 aromatic heterocycles. The van der Waals surface area contributed by atoms with Gasteiger partial charge in [-0.1, -0.05) is 6.92 Å². The molecule has 0 spiro atoms. The van der Waals surface area contributed by atoms with Crippen LogP contribution in [0.5, 0.6) is 0 Å². The standard InChI is InChI=1S/C9H17NO3/c1-3-8(6-13-2)10-4-7(5-10)9(11)12/h7-8H,3-6H2,1-2H3,(H,11,12). The first-order chi connectivity index (χ1) is 6.19. The number of hydrogen-bond donors (Lipinski definition) is 1. The van der Waals surface area contributed by atoms with Crippen LogP contribution in [0.25, 0.3) is 0 Å². The highest BCUT2D eigenvalue weighted by atomic mass is 16.5. The minimum absolute atomic E-state index is 0.161. The fraction of sp³-hybridized carbons (Fsp3) is 0.889. The molecular formula is C9H17NO3. The van der Waals surface area contributed by atoms with E-state index >= 15 is 0 Å². The smallest absolute Gasteiger partial charge is 0.309 e. The summed E-state index contributed by atoms with van der Waals surface area (Å²) in [6.07, 6.45) is 1.01. The van der Waals surface area contributed by atoms with Crippen LogP contribution >= 0.6 is 0 Å². The molecule has 0 aliphatic carbocycles. The second kappa shape index (κ2) is 4.58. The molecule has 1 fully saturated rings. The van der Waals surface area contributed by atoms with Crippen LogP contribution in [0.3, 0.4) is 0 Å². The first-order valence-electron chi connectivity index (χ1n) is 4.64. The second-order valence-corrected chi connectivity index (χ2v) is 3.51. The number of aliphatic carboxylic acids is 1. The summed E-state index contributed by atoms with van der Waals surface area (Å²) < 4.78 is 5.06. The zero-order valence-corrected chi connectivity index (χ0v) is 8.19. The van der Waals surface area contributed by atoms with E-state index in [1.54, 1.807) is 7.11 Å². The maximum Gasteiger partial charge on any atom is 0.309 e. The summed E-state index contributed by atoms with van der Waals surface area (Å²) in [6.45, 7) is 4.15. The molecule has 13 heavy (non-hydrogen) atoms. The van der Waals surface area contributed by atoms with Gasteiger partial charge in [0.2, 0.25) is 0 Å². The van der Waals surface area contributed by atoms with Gasteiger partial charge >= 0.3 is 5.97 Å². The lowest BCUT2D eigenvalue weighted by molar-refractivity contribution is -0.149. The largest absolute Gasteiger partial charge is 0.481 e. The highest BCUT2D eigenvalue weighted by molar-refractivity contribution is 5.71. The molecule has 0 saturated carbocycles. The van der Waals surface area contributed by atoms with Gasteiger partial charge in [-0.05, 0) is 6.42 Å². The normalized spacial score (nSPS) is 21.1. The van der Waals surface area contributed by atoms with Gasteiger partial charge in [-0.25, -0.2) is 0 Å². The minimum atomic E-state index is -0.677. The SMILES string of the molecule is CCC(COC)N1CC(C(=O)O)C1. The van der Waals surface area contributed by atoms with Gasteiger partial charge in [-0.15, -0.1) is 0 Å². The molecule has 4 nitrogen and oxygen atoms in total. The van der Waals surface area contributed by atoms with Gasteiger partial charge in [0.1, 0.15) is 0 Å². The molecule has 1 N–H and O–H groups in total. The maximum atomic E-state index is 10.5. The van der Waals surface area contributed by atoms with E-state index in [2.05, 4.69) is 11.8 Å². The van der Waals surface area contributed by atoms with Crippen molar-refractivity contribution in [3.05, 3.63) is 0 Å². The van der Waals surface area contributed by atoms with Gasteiger partial charge in [-0.3, -0.25) is 9.69 Å². The molecule has 1 rings (SSSR count). The first-order valence-corrected chi connectivity index (χ1v) is 4.64. The van der Waals surface area contributed by atoms with Crippen molar-refractivity contribution in [2.75, 3.05) is 26.8 Å².